The van der Waals surface area contributed by atoms with Crippen molar-refractivity contribution in [3.63, 3.8) is 0 Å². The second-order valence-electron chi connectivity index (χ2n) is 4.00. The quantitative estimate of drug-likeness (QED) is 0.626. The number of hydrogen-bond donors (Lipinski definition) is 0. The van der Waals surface area contributed by atoms with Crippen molar-refractivity contribution in [2.75, 3.05) is 0 Å². The molecule has 0 radical (unpaired) electrons. The Hall–Kier alpha value is -1.78. The van der Waals surface area contributed by atoms with E-state index in [0.29, 0.717) is 16.1 Å². The van der Waals surface area contributed by atoms with Gasteiger partial charge in [-0.2, -0.15) is 0 Å². The molecule has 0 fully saturated rings. The number of nitrogens with zero attached hydrogens (tertiary/aromatic N) is 1. The lowest BCUT2D eigenvalue weighted by atomic mass is 10.1. The maximum absolute atomic E-state index is 12.1. The lowest BCUT2D eigenvalue weighted by Gasteiger charge is -2.11. The standard InChI is InChI=1S/C14H8ClNO2S/c15-9-5-7-10(8-6-9)19-16-13(17)11-3-1-2-4-12(11)14(16)18/h1-8H. The highest BCUT2D eigenvalue weighted by Gasteiger charge is 2.36. The van der Waals surface area contributed by atoms with Crippen LogP contribution in [0.15, 0.2) is 53.4 Å². The van der Waals surface area contributed by atoms with Gasteiger partial charge in [0.05, 0.1) is 11.1 Å². The minimum Gasteiger partial charge on any atom is -0.268 e. The summed E-state index contributed by atoms with van der Waals surface area (Å²) >= 11 is 6.91. The van der Waals surface area contributed by atoms with Gasteiger partial charge >= 0.3 is 0 Å². The van der Waals surface area contributed by atoms with Crippen LogP contribution in [0.5, 0.6) is 0 Å². The Morgan fingerprint density at radius 3 is 1.89 bits per heavy atom. The third-order valence-corrected chi connectivity index (χ3v) is 4.02. The van der Waals surface area contributed by atoms with Crippen LogP contribution in [0.4, 0.5) is 0 Å². The second kappa shape index (κ2) is 4.72. The Bertz CT molecular complexity index is 634. The number of rotatable bonds is 2. The van der Waals surface area contributed by atoms with Crippen LogP contribution >= 0.6 is 23.5 Å². The number of halogens is 1. The highest BCUT2D eigenvalue weighted by Crippen LogP contribution is 2.32. The molecule has 94 valence electrons. The molecule has 1 aliphatic rings. The summed E-state index contributed by atoms with van der Waals surface area (Å²) in [6, 6.07) is 13.8. The van der Waals surface area contributed by atoms with E-state index in [-0.39, 0.29) is 11.8 Å². The highest BCUT2D eigenvalue weighted by atomic mass is 35.5. The highest BCUT2D eigenvalue weighted by molar-refractivity contribution is 7.98. The first kappa shape index (κ1) is 12.3. The van der Waals surface area contributed by atoms with E-state index < -0.39 is 0 Å². The number of benzene rings is 2. The third-order valence-electron chi connectivity index (χ3n) is 2.77. The fourth-order valence-electron chi connectivity index (χ4n) is 1.85. The molecular formula is C14H8ClNO2S. The number of imide groups is 1. The van der Waals surface area contributed by atoms with Gasteiger partial charge in [-0.25, -0.2) is 4.31 Å². The van der Waals surface area contributed by atoms with Crippen molar-refractivity contribution in [1.29, 1.82) is 0 Å². The van der Waals surface area contributed by atoms with Crippen molar-refractivity contribution in [3.05, 3.63) is 64.7 Å². The summed E-state index contributed by atoms with van der Waals surface area (Å²) in [5.41, 5.74) is 0.905. The molecule has 3 rings (SSSR count). The van der Waals surface area contributed by atoms with Gasteiger partial charge in [0, 0.05) is 9.92 Å². The fraction of sp³-hybridized carbons (Fsp3) is 0. The molecule has 0 atom stereocenters. The van der Waals surface area contributed by atoms with Crippen molar-refractivity contribution < 1.29 is 9.59 Å². The van der Waals surface area contributed by atoms with Gasteiger partial charge in [-0.05, 0) is 48.3 Å². The maximum Gasteiger partial charge on any atom is 0.272 e. The smallest absolute Gasteiger partial charge is 0.268 e. The SMILES string of the molecule is O=C1c2ccccc2C(=O)N1Sc1ccc(Cl)cc1. The zero-order valence-electron chi connectivity index (χ0n) is 9.67. The summed E-state index contributed by atoms with van der Waals surface area (Å²) in [5.74, 6) is -0.555. The Kier molecular flexibility index (Phi) is 3.05. The molecule has 0 spiro atoms. The van der Waals surface area contributed by atoms with Crippen LogP contribution in [0.25, 0.3) is 0 Å². The maximum atomic E-state index is 12.1. The molecule has 0 saturated heterocycles. The predicted molar refractivity (Wildman–Crippen MR) is 74.3 cm³/mol. The van der Waals surface area contributed by atoms with Crippen molar-refractivity contribution in [3.8, 4) is 0 Å². The van der Waals surface area contributed by atoms with E-state index in [0.717, 1.165) is 16.8 Å². The average molecular weight is 290 g/mol. The Balaban J connectivity index is 1.90. The van der Waals surface area contributed by atoms with E-state index in [4.69, 9.17) is 11.6 Å². The molecule has 0 aromatic heterocycles. The Morgan fingerprint density at radius 1 is 0.842 bits per heavy atom. The largest absolute Gasteiger partial charge is 0.272 e. The number of carbonyl (C=O) groups excluding carboxylic acids is 2. The van der Waals surface area contributed by atoms with Gasteiger partial charge in [0.2, 0.25) is 0 Å². The van der Waals surface area contributed by atoms with Crippen LogP contribution in [0.2, 0.25) is 5.02 Å². The van der Waals surface area contributed by atoms with Gasteiger partial charge < -0.3 is 0 Å². The molecule has 1 heterocycles. The van der Waals surface area contributed by atoms with Gasteiger partial charge in [0.15, 0.2) is 0 Å². The van der Waals surface area contributed by atoms with E-state index in [9.17, 15) is 9.59 Å². The first-order valence-electron chi connectivity index (χ1n) is 5.58. The monoisotopic (exact) mass is 289 g/mol. The number of amides is 2. The number of carbonyl (C=O) groups is 2. The first-order valence-corrected chi connectivity index (χ1v) is 6.73. The van der Waals surface area contributed by atoms with Gasteiger partial charge in [0.1, 0.15) is 0 Å². The summed E-state index contributed by atoms with van der Waals surface area (Å²) in [6.07, 6.45) is 0. The normalized spacial score (nSPS) is 13.8. The van der Waals surface area contributed by atoms with Crippen LogP contribution in [0, 0.1) is 0 Å². The van der Waals surface area contributed by atoms with Crippen LogP contribution in [0.3, 0.4) is 0 Å². The molecule has 0 saturated carbocycles. The lowest BCUT2D eigenvalue weighted by Crippen LogP contribution is -2.21. The molecule has 0 N–H and O–H groups in total. The van der Waals surface area contributed by atoms with E-state index in [1.165, 1.54) is 4.31 Å². The van der Waals surface area contributed by atoms with Crippen molar-refractivity contribution >= 4 is 35.4 Å². The van der Waals surface area contributed by atoms with E-state index in [2.05, 4.69) is 0 Å². The molecule has 0 aliphatic carbocycles. The molecule has 19 heavy (non-hydrogen) atoms. The number of hydrogen-bond acceptors (Lipinski definition) is 3. The van der Waals surface area contributed by atoms with Gasteiger partial charge in [-0.1, -0.05) is 23.7 Å². The van der Waals surface area contributed by atoms with Crippen LogP contribution in [-0.2, 0) is 0 Å². The predicted octanol–water partition coefficient (Wildman–Crippen LogP) is 3.64. The first-order chi connectivity index (χ1) is 9.16. The molecule has 2 aromatic carbocycles. The van der Waals surface area contributed by atoms with Crippen LogP contribution < -0.4 is 0 Å². The van der Waals surface area contributed by atoms with Gasteiger partial charge in [-0.3, -0.25) is 9.59 Å². The molecule has 0 bridgehead atoms. The zero-order chi connectivity index (χ0) is 13.4. The van der Waals surface area contributed by atoms with Crippen LogP contribution in [0.1, 0.15) is 20.7 Å². The average Bonchev–Trinajstić information content (AvgIpc) is 2.67. The summed E-state index contributed by atoms with van der Waals surface area (Å²) in [7, 11) is 0. The van der Waals surface area contributed by atoms with Crippen molar-refractivity contribution in [2.45, 2.75) is 4.90 Å². The Labute approximate surface area is 119 Å². The summed E-state index contributed by atoms with van der Waals surface area (Å²) in [5, 5.41) is 0.617. The topological polar surface area (TPSA) is 37.4 Å². The second-order valence-corrected chi connectivity index (χ2v) is 5.45. The summed E-state index contributed by atoms with van der Waals surface area (Å²) in [4.78, 5) is 25.1. The molecular weight excluding hydrogens is 282 g/mol. The minimum atomic E-state index is -0.277. The molecule has 2 aromatic rings. The van der Waals surface area contributed by atoms with Gasteiger partial charge in [-0.15, -0.1) is 0 Å². The fourth-order valence-corrected chi connectivity index (χ4v) is 2.81. The Morgan fingerprint density at radius 2 is 1.37 bits per heavy atom. The summed E-state index contributed by atoms with van der Waals surface area (Å²) < 4.78 is 1.17. The van der Waals surface area contributed by atoms with E-state index in [1.807, 2.05) is 0 Å². The molecule has 1 aliphatic heterocycles. The van der Waals surface area contributed by atoms with E-state index in [1.54, 1.807) is 48.5 Å². The lowest BCUT2D eigenvalue weighted by molar-refractivity contribution is 0.0777. The summed E-state index contributed by atoms with van der Waals surface area (Å²) in [6.45, 7) is 0. The third kappa shape index (κ3) is 2.13. The molecule has 2 amide bonds. The van der Waals surface area contributed by atoms with Gasteiger partial charge in [0.25, 0.3) is 11.8 Å². The van der Waals surface area contributed by atoms with Crippen molar-refractivity contribution in [1.82, 2.24) is 4.31 Å². The zero-order valence-corrected chi connectivity index (χ0v) is 11.2. The molecule has 3 nitrogen and oxygen atoms in total. The van der Waals surface area contributed by atoms with E-state index >= 15 is 0 Å². The number of fused-ring (bicyclic) bond motifs is 1. The van der Waals surface area contributed by atoms with Crippen LogP contribution in [-0.4, -0.2) is 16.1 Å². The molecule has 0 unspecified atom stereocenters. The minimum absolute atomic E-state index is 0.277. The molecule has 5 heteroatoms. The van der Waals surface area contributed by atoms with Crippen molar-refractivity contribution in [2.24, 2.45) is 0 Å².